The zero-order valence-corrected chi connectivity index (χ0v) is 17.6. The molecule has 8 nitrogen and oxygen atoms in total. The maximum atomic E-state index is 14.2. The van der Waals surface area contributed by atoms with Crippen LogP contribution in [0, 0.1) is 5.82 Å². The molecule has 2 atom stereocenters. The smallest absolute Gasteiger partial charge is 0.315 e. The molecule has 1 aromatic heterocycles. The van der Waals surface area contributed by atoms with E-state index in [0.717, 1.165) is 5.56 Å². The van der Waals surface area contributed by atoms with Crippen molar-refractivity contribution in [2.45, 2.75) is 31.8 Å². The van der Waals surface area contributed by atoms with Crippen LogP contribution in [0.15, 0.2) is 18.2 Å². The molecule has 1 aliphatic heterocycles. The first-order valence-corrected chi connectivity index (χ1v) is 9.97. The van der Waals surface area contributed by atoms with E-state index in [1.54, 1.807) is 20.1 Å². The van der Waals surface area contributed by atoms with Gasteiger partial charge in [-0.05, 0) is 36.6 Å². The molecule has 0 bridgehead atoms. The van der Waals surface area contributed by atoms with Crippen LogP contribution < -0.4 is 11.1 Å². The summed E-state index contributed by atoms with van der Waals surface area (Å²) in [5.41, 5.74) is 8.34. The fourth-order valence-corrected chi connectivity index (χ4v) is 3.61. The lowest BCUT2D eigenvalue weighted by Gasteiger charge is -2.30. The Bertz CT molecular complexity index is 930. The minimum atomic E-state index is -0.523. The van der Waals surface area contributed by atoms with Gasteiger partial charge in [-0.15, -0.1) is 0 Å². The predicted molar refractivity (Wildman–Crippen MR) is 111 cm³/mol. The molecule has 2 aromatic rings. The molecular formula is C20H25ClFN5O3. The molecule has 0 saturated carbocycles. The van der Waals surface area contributed by atoms with Crippen LogP contribution in [0.1, 0.15) is 35.4 Å². The van der Waals surface area contributed by atoms with Crippen LogP contribution in [0.4, 0.5) is 15.1 Å². The van der Waals surface area contributed by atoms with Gasteiger partial charge in [0, 0.05) is 19.7 Å². The Morgan fingerprint density at radius 1 is 1.47 bits per heavy atom. The third kappa shape index (κ3) is 4.80. The lowest BCUT2D eigenvalue weighted by molar-refractivity contribution is 0.186. The minimum Gasteiger partial charge on any atom is -0.394 e. The second-order valence-electron chi connectivity index (χ2n) is 7.28. The summed E-state index contributed by atoms with van der Waals surface area (Å²) in [5, 5.41) is 12.5. The molecule has 30 heavy (non-hydrogen) atoms. The van der Waals surface area contributed by atoms with Gasteiger partial charge in [0.05, 0.1) is 42.1 Å². The predicted octanol–water partition coefficient (Wildman–Crippen LogP) is 2.28. The molecule has 4 N–H and O–H groups in total. The first kappa shape index (κ1) is 22.2. The molecule has 1 aliphatic rings. The molecule has 0 aliphatic carbocycles. The molecule has 1 aromatic carbocycles. The second-order valence-corrected chi connectivity index (χ2v) is 7.68. The van der Waals surface area contributed by atoms with Gasteiger partial charge in [0.15, 0.2) is 0 Å². The SMILES string of the molecule is COC[C@@H](c1ccc(Cl)c(F)c1)c1nc(N[C@@H](C)CO)nc2c1CCN(C(N)=O)C2. The second kappa shape index (κ2) is 9.55. The molecule has 2 amide bonds. The highest BCUT2D eigenvalue weighted by atomic mass is 35.5. The number of hydrogen-bond donors (Lipinski definition) is 3. The lowest BCUT2D eigenvalue weighted by Crippen LogP contribution is -2.40. The Hall–Kier alpha value is -2.49. The topological polar surface area (TPSA) is 114 Å². The first-order chi connectivity index (χ1) is 14.3. The monoisotopic (exact) mass is 437 g/mol. The average molecular weight is 438 g/mol. The number of methoxy groups -OCH3 is 1. The summed E-state index contributed by atoms with van der Waals surface area (Å²) < 4.78 is 19.6. The molecular weight excluding hydrogens is 413 g/mol. The number of urea groups is 1. The number of fused-ring (bicyclic) bond motifs is 1. The number of aromatic nitrogens is 2. The van der Waals surface area contributed by atoms with Crippen LogP contribution in [0.25, 0.3) is 0 Å². The van der Waals surface area contributed by atoms with Gasteiger partial charge in [-0.25, -0.2) is 19.2 Å². The van der Waals surface area contributed by atoms with Crippen LogP contribution in [-0.4, -0.2) is 58.9 Å². The summed E-state index contributed by atoms with van der Waals surface area (Å²) in [4.78, 5) is 22.4. The normalized spacial score (nSPS) is 15.4. The molecule has 3 rings (SSSR count). The number of anilines is 1. The summed E-state index contributed by atoms with van der Waals surface area (Å²) in [6, 6.07) is 3.83. The molecule has 0 radical (unpaired) electrons. The van der Waals surface area contributed by atoms with Crippen LogP contribution in [-0.2, 0) is 17.7 Å². The summed E-state index contributed by atoms with van der Waals surface area (Å²) in [6.07, 6.45) is 0.514. The lowest BCUT2D eigenvalue weighted by atomic mass is 9.90. The molecule has 0 unspecified atom stereocenters. The number of hydrogen-bond acceptors (Lipinski definition) is 6. The number of rotatable bonds is 7. The van der Waals surface area contributed by atoms with Crippen molar-refractivity contribution in [2.24, 2.45) is 5.73 Å². The third-order valence-electron chi connectivity index (χ3n) is 5.07. The number of primary amides is 1. The van der Waals surface area contributed by atoms with E-state index in [0.29, 0.717) is 35.9 Å². The summed E-state index contributed by atoms with van der Waals surface area (Å²) in [5.74, 6) is -0.582. The first-order valence-electron chi connectivity index (χ1n) is 9.59. The number of carbonyl (C=O) groups excluding carboxylic acids is 1. The summed E-state index contributed by atoms with van der Waals surface area (Å²) >= 11 is 5.85. The largest absolute Gasteiger partial charge is 0.394 e. The quantitative estimate of drug-likeness (QED) is 0.612. The number of halogens is 2. The Kier molecular flexibility index (Phi) is 7.06. The van der Waals surface area contributed by atoms with Crippen molar-refractivity contribution in [1.82, 2.24) is 14.9 Å². The van der Waals surface area contributed by atoms with Gasteiger partial charge >= 0.3 is 6.03 Å². The van der Waals surface area contributed by atoms with E-state index in [2.05, 4.69) is 15.3 Å². The third-order valence-corrected chi connectivity index (χ3v) is 5.37. The van der Waals surface area contributed by atoms with Gasteiger partial charge in [0.2, 0.25) is 5.95 Å². The van der Waals surface area contributed by atoms with Crippen molar-refractivity contribution in [1.29, 1.82) is 0 Å². The number of nitrogens with one attached hydrogen (secondary N) is 1. The highest BCUT2D eigenvalue weighted by Gasteiger charge is 2.29. The minimum absolute atomic E-state index is 0.0378. The summed E-state index contributed by atoms with van der Waals surface area (Å²) in [7, 11) is 1.56. The Morgan fingerprint density at radius 3 is 2.87 bits per heavy atom. The number of benzene rings is 1. The maximum Gasteiger partial charge on any atom is 0.315 e. The number of ether oxygens (including phenoxy) is 1. The van der Waals surface area contributed by atoms with Crippen LogP contribution in [0.2, 0.25) is 5.02 Å². The Labute approximate surface area is 179 Å². The van der Waals surface area contributed by atoms with E-state index >= 15 is 0 Å². The van der Waals surface area contributed by atoms with Crippen molar-refractivity contribution in [3.05, 3.63) is 51.6 Å². The maximum absolute atomic E-state index is 14.2. The number of aliphatic hydroxyl groups is 1. The van der Waals surface area contributed by atoms with E-state index in [-0.39, 0.29) is 36.7 Å². The Balaban J connectivity index is 2.11. The van der Waals surface area contributed by atoms with Crippen molar-refractivity contribution >= 4 is 23.6 Å². The highest BCUT2D eigenvalue weighted by Crippen LogP contribution is 2.32. The zero-order valence-electron chi connectivity index (χ0n) is 16.9. The fourth-order valence-electron chi connectivity index (χ4n) is 3.50. The van der Waals surface area contributed by atoms with Gasteiger partial charge in [-0.3, -0.25) is 0 Å². The van der Waals surface area contributed by atoms with Crippen molar-refractivity contribution in [3.63, 3.8) is 0 Å². The van der Waals surface area contributed by atoms with E-state index in [4.69, 9.17) is 22.1 Å². The zero-order chi connectivity index (χ0) is 21.8. The standard InChI is InChI=1S/C20H25ClFN5O3/c1-11(9-28)24-20-25-17-8-27(19(23)29)6-5-13(17)18(26-20)14(10-30-2)12-3-4-15(21)16(22)7-12/h3-4,7,11,14,28H,5-6,8-10H2,1-2H3,(H2,23,29)(H,24,25,26)/t11-,14-/m0/s1. The van der Waals surface area contributed by atoms with E-state index in [1.165, 1.54) is 17.0 Å². The van der Waals surface area contributed by atoms with Crippen molar-refractivity contribution in [3.8, 4) is 0 Å². The molecule has 0 fully saturated rings. The van der Waals surface area contributed by atoms with E-state index in [9.17, 15) is 14.3 Å². The van der Waals surface area contributed by atoms with E-state index in [1.807, 2.05) is 0 Å². The highest BCUT2D eigenvalue weighted by molar-refractivity contribution is 6.30. The van der Waals surface area contributed by atoms with Gasteiger partial charge in [0.25, 0.3) is 0 Å². The van der Waals surface area contributed by atoms with Gasteiger partial charge in [-0.1, -0.05) is 17.7 Å². The number of nitrogens with zero attached hydrogens (tertiary/aromatic N) is 3. The fraction of sp³-hybridized carbons (Fsp3) is 0.450. The molecule has 0 saturated heterocycles. The molecule has 162 valence electrons. The average Bonchev–Trinajstić information content (AvgIpc) is 2.73. The van der Waals surface area contributed by atoms with Gasteiger partial charge < -0.3 is 25.8 Å². The molecule has 2 heterocycles. The Morgan fingerprint density at radius 2 is 2.23 bits per heavy atom. The van der Waals surface area contributed by atoms with E-state index < -0.39 is 11.8 Å². The van der Waals surface area contributed by atoms with Crippen molar-refractivity contribution < 1.29 is 19.0 Å². The molecule has 10 heteroatoms. The number of nitrogens with two attached hydrogens (primary N) is 1. The summed E-state index contributed by atoms with van der Waals surface area (Å²) in [6.45, 7) is 2.63. The van der Waals surface area contributed by atoms with Crippen molar-refractivity contribution in [2.75, 3.05) is 32.2 Å². The van der Waals surface area contributed by atoms with Gasteiger partial charge in [0.1, 0.15) is 5.82 Å². The van der Waals surface area contributed by atoms with Crippen LogP contribution >= 0.6 is 11.6 Å². The number of aliphatic hydroxyl groups excluding tert-OH is 1. The van der Waals surface area contributed by atoms with Crippen LogP contribution in [0.3, 0.4) is 0 Å². The number of carbonyl (C=O) groups is 1. The molecule has 0 spiro atoms. The van der Waals surface area contributed by atoms with Crippen LogP contribution in [0.5, 0.6) is 0 Å². The number of amides is 2. The van der Waals surface area contributed by atoms with Gasteiger partial charge in [-0.2, -0.15) is 0 Å².